The van der Waals surface area contributed by atoms with Crippen LogP contribution in [0, 0.1) is 11.8 Å². The summed E-state index contributed by atoms with van der Waals surface area (Å²) in [6.07, 6.45) is 17.5. The zero-order valence-corrected chi connectivity index (χ0v) is 23.7. The molecule has 1 saturated carbocycles. The number of esters is 2. The second-order valence-electron chi connectivity index (χ2n) is 11.0. The molecule has 4 nitrogen and oxygen atoms in total. The summed E-state index contributed by atoms with van der Waals surface area (Å²) in [5.74, 6) is 0.526. The normalized spacial score (nSPS) is 17.2. The highest BCUT2D eigenvalue weighted by Crippen LogP contribution is 2.31. The number of hydrogen-bond acceptors (Lipinski definition) is 4. The molecule has 0 radical (unpaired) electrons. The van der Waals surface area contributed by atoms with Gasteiger partial charge in [-0.05, 0) is 86.8 Å². The summed E-state index contributed by atoms with van der Waals surface area (Å²) in [6.45, 7) is 4.47. The number of hydrogen-bond donors (Lipinski definition) is 0. The average Bonchev–Trinajstić information content (AvgIpc) is 2.94. The maximum atomic E-state index is 12.7. The highest BCUT2D eigenvalue weighted by atomic mass is 16.5. The van der Waals surface area contributed by atoms with Gasteiger partial charge < -0.3 is 9.47 Å². The first kappa shape index (κ1) is 29.9. The second kappa shape index (κ2) is 17.1. The predicted molar refractivity (Wildman–Crippen MR) is 155 cm³/mol. The van der Waals surface area contributed by atoms with Crippen molar-refractivity contribution in [2.24, 2.45) is 11.8 Å². The summed E-state index contributed by atoms with van der Waals surface area (Å²) < 4.78 is 11.3. The Morgan fingerprint density at radius 3 is 1.24 bits per heavy atom. The number of unbranched alkanes of at least 4 members (excludes halogenated alkanes) is 8. The highest BCUT2D eigenvalue weighted by molar-refractivity contribution is 5.77. The third kappa shape index (κ3) is 10.6. The van der Waals surface area contributed by atoms with Crippen LogP contribution >= 0.6 is 0 Å². The van der Waals surface area contributed by atoms with Crippen LogP contribution in [-0.4, -0.2) is 11.9 Å². The van der Waals surface area contributed by atoms with Crippen LogP contribution in [0.1, 0.15) is 115 Å². The Kier molecular flexibility index (Phi) is 13.4. The summed E-state index contributed by atoms with van der Waals surface area (Å²) >= 11 is 0. The minimum atomic E-state index is -0.186. The molecular formula is C34H48O4. The van der Waals surface area contributed by atoms with E-state index < -0.39 is 0 Å². The molecule has 0 amide bonds. The molecule has 0 spiro atoms. The Bertz CT molecular complexity index is 860. The average molecular weight is 521 g/mol. The number of ether oxygens (including phenoxy) is 2. The molecule has 0 aliphatic heterocycles. The van der Waals surface area contributed by atoms with Crippen LogP contribution in [0.25, 0.3) is 0 Å². The molecule has 0 atom stereocenters. The predicted octanol–water partition coefficient (Wildman–Crippen LogP) is 9.03. The van der Waals surface area contributed by atoms with Crippen molar-refractivity contribution in [3.63, 3.8) is 0 Å². The number of carbonyl (C=O) groups is 2. The van der Waals surface area contributed by atoms with Crippen molar-refractivity contribution in [3.8, 4) is 11.5 Å². The van der Waals surface area contributed by atoms with Crippen LogP contribution in [0.2, 0.25) is 0 Å². The van der Waals surface area contributed by atoms with Gasteiger partial charge in [-0.3, -0.25) is 9.59 Å². The summed E-state index contributed by atoms with van der Waals surface area (Å²) in [6, 6.07) is 15.9. The fourth-order valence-corrected chi connectivity index (χ4v) is 5.28. The van der Waals surface area contributed by atoms with E-state index in [2.05, 4.69) is 38.1 Å². The van der Waals surface area contributed by atoms with Crippen LogP contribution in [-0.2, 0) is 22.4 Å². The van der Waals surface area contributed by atoms with Gasteiger partial charge in [-0.2, -0.15) is 0 Å². The molecule has 2 aromatic carbocycles. The Balaban J connectivity index is 1.34. The summed E-state index contributed by atoms with van der Waals surface area (Å²) in [5.41, 5.74) is 2.58. The Labute approximate surface area is 230 Å². The molecule has 2 aromatic rings. The third-order valence-corrected chi connectivity index (χ3v) is 7.82. The summed E-state index contributed by atoms with van der Waals surface area (Å²) in [4.78, 5) is 25.4. The van der Waals surface area contributed by atoms with Crippen molar-refractivity contribution in [2.75, 3.05) is 0 Å². The quantitative estimate of drug-likeness (QED) is 0.126. The lowest BCUT2D eigenvalue weighted by Crippen LogP contribution is -2.30. The fourth-order valence-electron chi connectivity index (χ4n) is 5.28. The van der Waals surface area contributed by atoms with Crippen LogP contribution < -0.4 is 9.47 Å². The van der Waals surface area contributed by atoms with Crippen molar-refractivity contribution < 1.29 is 19.1 Å². The molecule has 1 aliphatic rings. The van der Waals surface area contributed by atoms with E-state index in [0.717, 1.165) is 12.8 Å². The molecule has 208 valence electrons. The van der Waals surface area contributed by atoms with E-state index >= 15 is 0 Å². The van der Waals surface area contributed by atoms with Crippen molar-refractivity contribution in [1.82, 2.24) is 0 Å². The smallest absolute Gasteiger partial charge is 0.314 e. The zero-order valence-electron chi connectivity index (χ0n) is 23.7. The number of aryl methyl sites for hydroxylation is 2. The van der Waals surface area contributed by atoms with Gasteiger partial charge in [0.1, 0.15) is 11.5 Å². The molecule has 0 aromatic heterocycles. The largest absolute Gasteiger partial charge is 0.426 e. The minimum Gasteiger partial charge on any atom is -0.426 e. The van der Waals surface area contributed by atoms with Gasteiger partial charge in [0.25, 0.3) is 0 Å². The van der Waals surface area contributed by atoms with Gasteiger partial charge in [0.15, 0.2) is 0 Å². The zero-order chi connectivity index (χ0) is 27.0. The standard InChI is InChI=1S/C34H48O4/c1-3-5-7-9-11-13-27-15-23-31(24-16-27)37-33(35)29-19-21-30(22-20-29)34(36)38-32-25-17-28(18-26-32)14-12-10-8-6-4-2/h15-18,23-26,29-30H,3-14,19-22H2,1-2H3/t29-,30-. The van der Waals surface area contributed by atoms with Crippen molar-refractivity contribution >= 4 is 11.9 Å². The molecule has 0 saturated heterocycles. The van der Waals surface area contributed by atoms with Crippen molar-refractivity contribution in [3.05, 3.63) is 59.7 Å². The van der Waals surface area contributed by atoms with E-state index in [4.69, 9.17) is 9.47 Å². The summed E-state index contributed by atoms with van der Waals surface area (Å²) in [5, 5.41) is 0. The molecule has 0 heterocycles. The minimum absolute atomic E-state index is 0.158. The Morgan fingerprint density at radius 2 is 0.895 bits per heavy atom. The first-order valence-electron chi connectivity index (χ1n) is 15.2. The lowest BCUT2D eigenvalue weighted by atomic mass is 9.82. The maximum Gasteiger partial charge on any atom is 0.314 e. The lowest BCUT2D eigenvalue weighted by molar-refractivity contribution is -0.145. The van der Waals surface area contributed by atoms with Crippen LogP contribution in [0.4, 0.5) is 0 Å². The van der Waals surface area contributed by atoms with Gasteiger partial charge in [0.05, 0.1) is 11.8 Å². The number of benzene rings is 2. The summed E-state index contributed by atoms with van der Waals surface area (Å²) in [7, 11) is 0. The van der Waals surface area contributed by atoms with Gasteiger partial charge in [-0.1, -0.05) is 89.5 Å². The maximum absolute atomic E-state index is 12.7. The van der Waals surface area contributed by atoms with E-state index in [-0.39, 0.29) is 23.8 Å². The van der Waals surface area contributed by atoms with Crippen molar-refractivity contribution in [2.45, 2.75) is 117 Å². The number of rotatable bonds is 16. The van der Waals surface area contributed by atoms with E-state index in [1.54, 1.807) is 0 Å². The van der Waals surface area contributed by atoms with Crippen molar-refractivity contribution in [1.29, 1.82) is 0 Å². The third-order valence-electron chi connectivity index (χ3n) is 7.82. The molecule has 38 heavy (non-hydrogen) atoms. The van der Waals surface area contributed by atoms with Gasteiger partial charge >= 0.3 is 11.9 Å². The fraction of sp³-hybridized carbons (Fsp3) is 0.588. The monoisotopic (exact) mass is 520 g/mol. The molecule has 0 N–H and O–H groups in total. The van der Waals surface area contributed by atoms with E-state index in [1.807, 2.05) is 24.3 Å². The topological polar surface area (TPSA) is 52.6 Å². The molecule has 0 unspecified atom stereocenters. The molecule has 1 fully saturated rings. The first-order valence-corrected chi connectivity index (χ1v) is 15.2. The van der Waals surface area contributed by atoms with Gasteiger partial charge in [-0.15, -0.1) is 0 Å². The van der Waals surface area contributed by atoms with E-state index in [1.165, 1.54) is 75.3 Å². The SMILES string of the molecule is CCCCCCCc1ccc(OC(=O)[C@H]2CC[C@H](C(=O)Oc3ccc(CCCCCCC)cc3)CC2)cc1. The molecule has 3 rings (SSSR count). The lowest BCUT2D eigenvalue weighted by Gasteiger charge is -2.25. The molecule has 0 bridgehead atoms. The van der Waals surface area contributed by atoms with Gasteiger partial charge in [0.2, 0.25) is 0 Å². The first-order chi connectivity index (χ1) is 18.6. The molecule has 1 aliphatic carbocycles. The van der Waals surface area contributed by atoms with E-state index in [9.17, 15) is 9.59 Å². The van der Waals surface area contributed by atoms with Gasteiger partial charge in [-0.25, -0.2) is 0 Å². The number of carbonyl (C=O) groups excluding carboxylic acids is 2. The van der Waals surface area contributed by atoms with Crippen LogP contribution in [0.5, 0.6) is 11.5 Å². The Hall–Kier alpha value is -2.62. The molecular weight excluding hydrogens is 472 g/mol. The Morgan fingerprint density at radius 1 is 0.553 bits per heavy atom. The van der Waals surface area contributed by atoms with Crippen LogP contribution in [0.3, 0.4) is 0 Å². The molecule has 4 heteroatoms. The van der Waals surface area contributed by atoms with Gasteiger partial charge in [0, 0.05) is 0 Å². The highest BCUT2D eigenvalue weighted by Gasteiger charge is 2.32. The van der Waals surface area contributed by atoms with Crippen LogP contribution in [0.15, 0.2) is 48.5 Å². The second-order valence-corrected chi connectivity index (χ2v) is 11.0. The van der Waals surface area contributed by atoms with E-state index in [0.29, 0.717) is 37.2 Å².